The first-order chi connectivity index (χ1) is 18.4. The van der Waals surface area contributed by atoms with Crippen LogP contribution in [0.4, 0.5) is 17.1 Å². The number of amides is 2. The topological polar surface area (TPSA) is 93.4 Å². The minimum absolute atomic E-state index is 0.243. The van der Waals surface area contributed by atoms with E-state index in [4.69, 9.17) is 11.6 Å². The number of nitrogens with zero attached hydrogens (tertiary/aromatic N) is 3. The van der Waals surface area contributed by atoms with Gasteiger partial charge in [0.05, 0.1) is 28.2 Å². The van der Waals surface area contributed by atoms with Crippen LogP contribution in [0.1, 0.15) is 70.8 Å². The summed E-state index contributed by atoms with van der Waals surface area (Å²) in [6, 6.07) is 11.9. The number of hydrogen-bond donors (Lipinski definition) is 3. The lowest BCUT2D eigenvalue weighted by Crippen LogP contribution is -2.47. The molecule has 1 saturated carbocycles. The molecule has 2 amide bonds. The number of unbranched alkanes of at least 4 members (excludes halogenated alkanes) is 1. The normalized spacial score (nSPS) is 15.4. The molecule has 8 nitrogen and oxygen atoms in total. The zero-order valence-corrected chi connectivity index (χ0v) is 22.8. The number of carbonyl (C=O) groups excluding carboxylic acids is 2. The molecule has 2 fully saturated rings. The summed E-state index contributed by atoms with van der Waals surface area (Å²) < 4.78 is 0. The van der Waals surface area contributed by atoms with Crippen LogP contribution in [0.15, 0.2) is 42.6 Å². The van der Waals surface area contributed by atoms with E-state index in [2.05, 4.69) is 68.5 Å². The first-order valence-electron chi connectivity index (χ1n) is 13.5. The molecule has 2 aromatic carbocycles. The van der Waals surface area contributed by atoms with Crippen LogP contribution in [0.5, 0.6) is 0 Å². The van der Waals surface area contributed by atoms with Gasteiger partial charge in [-0.3, -0.25) is 9.59 Å². The van der Waals surface area contributed by atoms with Gasteiger partial charge in [-0.05, 0) is 49.9 Å². The van der Waals surface area contributed by atoms with Crippen LogP contribution in [0, 0.1) is 6.92 Å². The number of aryl methyl sites for hydroxylation is 1. The molecular weight excluding hydrogens is 500 g/mol. The second-order valence-electron chi connectivity index (χ2n) is 10.1. The summed E-state index contributed by atoms with van der Waals surface area (Å²) in [5, 5.41) is 6.33. The Kier molecular flexibility index (Phi) is 7.88. The van der Waals surface area contributed by atoms with Crippen molar-refractivity contribution >= 4 is 40.5 Å². The molecule has 1 aromatic heterocycles. The summed E-state index contributed by atoms with van der Waals surface area (Å²) in [7, 11) is 0. The molecule has 1 saturated heterocycles. The van der Waals surface area contributed by atoms with Gasteiger partial charge in [-0.2, -0.15) is 0 Å². The number of nitrogens with one attached hydrogen (secondary N) is 3. The number of anilines is 3. The standard InChI is InChI=1S/C29H35ClN6O2/c1-3-4-11-31-28(37)21-16-23(34-29(38)24-18-32-27(33-24)20-9-10-20)26(17-22(21)30)36-14-12-35(13-15-36)25-8-6-5-7-19(25)2/h5-8,16-18,20H,3-4,9-15H2,1-2H3,(H,31,37)(H,32,33)(H,34,38). The van der Waals surface area contributed by atoms with Gasteiger partial charge in [0.15, 0.2) is 0 Å². The van der Waals surface area contributed by atoms with Gasteiger partial charge in [-0.1, -0.05) is 43.1 Å². The zero-order chi connectivity index (χ0) is 26.6. The van der Waals surface area contributed by atoms with Gasteiger partial charge in [0, 0.05) is 44.3 Å². The fourth-order valence-corrected chi connectivity index (χ4v) is 5.13. The summed E-state index contributed by atoms with van der Waals surface area (Å²) in [5.74, 6) is 0.747. The van der Waals surface area contributed by atoms with E-state index >= 15 is 0 Å². The van der Waals surface area contributed by atoms with Gasteiger partial charge in [-0.25, -0.2) is 4.98 Å². The second-order valence-corrected chi connectivity index (χ2v) is 10.5. The molecule has 200 valence electrons. The summed E-state index contributed by atoms with van der Waals surface area (Å²) in [4.78, 5) is 38.3. The number of rotatable bonds is 9. The Morgan fingerprint density at radius 3 is 2.45 bits per heavy atom. The highest BCUT2D eigenvalue weighted by atomic mass is 35.5. The largest absolute Gasteiger partial charge is 0.368 e. The van der Waals surface area contributed by atoms with Crippen molar-refractivity contribution in [2.24, 2.45) is 0 Å². The van der Waals surface area contributed by atoms with Gasteiger partial charge >= 0.3 is 0 Å². The fourth-order valence-electron chi connectivity index (χ4n) is 4.88. The molecule has 2 heterocycles. The highest BCUT2D eigenvalue weighted by molar-refractivity contribution is 6.34. The number of carbonyl (C=O) groups is 2. The van der Waals surface area contributed by atoms with Crippen molar-refractivity contribution in [3.63, 3.8) is 0 Å². The Labute approximate surface area is 228 Å². The van der Waals surface area contributed by atoms with E-state index in [1.54, 1.807) is 18.3 Å². The van der Waals surface area contributed by atoms with Crippen LogP contribution in [0.25, 0.3) is 0 Å². The number of aromatic nitrogens is 2. The Morgan fingerprint density at radius 2 is 1.76 bits per heavy atom. The van der Waals surface area contributed by atoms with Gasteiger partial charge in [-0.15, -0.1) is 0 Å². The number of para-hydroxylation sites is 1. The van der Waals surface area contributed by atoms with Crippen molar-refractivity contribution in [1.29, 1.82) is 0 Å². The third-order valence-corrected chi connectivity index (χ3v) is 7.59. The van der Waals surface area contributed by atoms with E-state index in [0.29, 0.717) is 34.4 Å². The smallest absolute Gasteiger partial charge is 0.273 e. The molecule has 0 atom stereocenters. The number of halogens is 1. The quantitative estimate of drug-likeness (QED) is 0.321. The number of hydrogen-bond acceptors (Lipinski definition) is 5. The van der Waals surface area contributed by atoms with E-state index in [1.165, 1.54) is 11.3 Å². The molecule has 38 heavy (non-hydrogen) atoms. The van der Waals surface area contributed by atoms with E-state index in [0.717, 1.165) is 63.4 Å². The molecule has 1 aliphatic heterocycles. The molecule has 9 heteroatoms. The first kappa shape index (κ1) is 26.1. The lowest BCUT2D eigenvalue weighted by Gasteiger charge is -2.38. The van der Waals surface area contributed by atoms with Crippen molar-refractivity contribution in [3.05, 3.63) is 70.3 Å². The molecule has 0 bridgehead atoms. The van der Waals surface area contributed by atoms with Crippen molar-refractivity contribution in [2.75, 3.05) is 47.8 Å². The van der Waals surface area contributed by atoms with Crippen LogP contribution in [-0.2, 0) is 0 Å². The second kappa shape index (κ2) is 11.5. The van der Waals surface area contributed by atoms with Gasteiger partial charge in [0.2, 0.25) is 0 Å². The van der Waals surface area contributed by atoms with E-state index < -0.39 is 0 Å². The van der Waals surface area contributed by atoms with Crippen LogP contribution in [0.3, 0.4) is 0 Å². The Balaban J connectivity index is 1.39. The average molecular weight is 535 g/mol. The van der Waals surface area contributed by atoms with Crippen molar-refractivity contribution in [3.8, 4) is 0 Å². The zero-order valence-electron chi connectivity index (χ0n) is 22.0. The molecule has 3 N–H and O–H groups in total. The van der Waals surface area contributed by atoms with Crippen molar-refractivity contribution < 1.29 is 9.59 Å². The summed E-state index contributed by atoms with van der Waals surface area (Å²) in [6.45, 7) is 7.96. The highest BCUT2D eigenvalue weighted by Crippen LogP contribution is 2.38. The van der Waals surface area contributed by atoms with E-state index in [-0.39, 0.29) is 11.8 Å². The lowest BCUT2D eigenvalue weighted by atomic mass is 10.1. The minimum Gasteiger partial charge on any atom is -0.368 e. The Hall–Kier alpha value is -3.52. The highest BCUT2D eigenvalue weighted by Gasteiger charge is 2.28. The van der Waals surface area contributed by atoms with Crippen LogP contribution < -0.4 is 20.4 Å². The van der Waals surface area contributed by atoms with E-state index in [1.807, 2.05) is 0 Å². The maximum Gasteiger partial charge on any atom is 0.273 e. The number of benzene rings is 2. The molecule has 1 aliphatic carbocycles. The SMILES string of the molecule is CCCCNC(=O)c1cc(NC(=O)c2cnc(C3CC3)[nH]2)c(N2CCN(c3ccccc3C)CC2)cc1Cl. The van der Waals surface area contributed by atoms with Gasteiger partial charge in [0.25, 0.3) is 11.8 Å². The number of piperazine rings is 1. The molecule has 3 aromatic rings. The monoisotopic (exact) mass is 534 g/mol. The summed E-state index contributed by atoms with van der Waals surface area (Å²) in [5.41, 5.74) is 4.62. The average Bonchev–Trinajstić information content (AvgIpc) is 3.66. The minimum atomic E-state index is -0.288. The molecular formula is C29H35ClN6O2. The summed E-state index contributed by atoms with van der Waals surface area (Å²) >= 11 is 6.65. The number of H-pyrrole nitrogens is 1. The third kappa shape index (κ3) is 5.80. The Bertz CT molecular complexity index is 1310. The number of aromatic amines is 1. The van der Waals surface area contributed by atoms with Gasteiger partial charge < -0.3 is 25.4 Å². The van der Waals surface area contributed by atoms with Crippen molar-refractivity contribution in [1.82, 2.24) is 15.3 Å². The van der Waals surface area contributed by atoms with E-state index in [9.17, 15) is 9.59 Å². The van der Waals surface area contributed by atoms with Crippen LogP contribution in [0.2, 0.25) is 5.02 Å². The lowest BCUT2D eigenvalue weighted by molar-refractivity contribution is 0.0951. The van der Waals surface area contributed by atoms with Crippen LogP contribution >= 0.6 is 11.6 Å². The maximum absolute atomic E-state index is 13.2. The Morgan fingerprint density at radius 1 is 1.05 bits per heavy atom. The van der Waals surface area contributed by atoms with Crippen molar-refractivity contribution in [2.45, 2.75) is 45.4 Å². The van der Waals surface area contributed by atoms with Gasteiger partial charge in [0.1, 0.15) is 11.5 Å². The third-order valence-electron chi connectivity index (χ3n) is 7.27. The molecule has 5 rings (SSSR count). The van der Waals surface area contributed by atoms with Crippen LogP contribution in [-0.4, -0.2) is 54.5 Å². The molecule has 0 unspecified atom stereocenters. The first-order valence-corrected chi connectivity index (χ1v) is 13.9. The number of imidazole rings is 1. The fraction of sp³-hybridized carbons (Fsp3) is 0.414. The molecule has 2 aliphatic rings. The summed E-state index contributed by atoms with van der Waals surface area (Å²) in [6.07, 6.45) is 5.65. The predicted octanol–water partition coefficient (Wildman–Crippen LogP) is 5.36. The maximum atomic E-state index is 13.2. The predicted molar refractivity (Wildman–Crippen MR) is 153 cm³/mol. The molecule has 0 radical (unpaired) electrons. The molecule has 0 spiro atoms.